The minimum atomic E-state index is -1.02. The number of amides is 2. The standard InChI is InChI=1S/C21H20N4O3/c26-20(27)16(14-6-2-1-3-7-14)12-15-13-23-19-18(15)17(8-9-22-19)24-21(28)25-10-4-5-11-25/h1-3,6-9,12-13H,4-5,10-11H2,(H,26,27)(H2,22,23,24,28). The van der Waals surface area contributed by atoms with Crippen LogP contribution in [-0.2, 0) is 4.79 Å². The number of nitrogens with zero attached hydrogens (tertiary/aromatic N) is 2. The number of nitrogens with one attached hydrogen (secondary N) is 2. The van der Waals surface area contributed by atoms with Crippen molar-refractivity contribution in [2.24, 2.45) is 0 Å². The fourth-order valence-corrected chi connectivity index (χ4v) is 3.46. The van der Waals surface area contributed by atoms with E-state index in [1.54, 1.807) is 53.7 Å². The van der Waals surface area contributed by atoms with Crippen LogP contribution in [0.25, 0.3) is 22.7 Å². The van der Waals surface area contributed by atoms with Gasteiger partial charge in [-0.15, -0.1) is 0 Å². The molecule has 1 fully saturated rings. The zero-order valence-corrected chi connectivity index (χ0v) is 15.2. The highest BCUT2D eigenvalue weighted by Crippen LogP contribution is 2.29. The number of H-pyrrole nitrogens is 1. The number of likely N-dealkylation sites (tertiary alicyclic amines) is 1. The van der Waals surface area contributed by atoms with Crippen LogP contribution in [0.2, 0.25) is 0 Å². The Bertz CT molecular complexity index is 1050. The van der Waals surface area contributed by atoms with Crippen LogP contribution in [0.4, 0.5) is 10.5 Å². The summed E-state index contributed by atoms with van der Waals surface area (Å²) in [6.45, 7) is 1.49. The van der Waals surface area contributed by atoms with Gasteiger partial charge in [0.25, 0.3) is 0 Å². The number of carboxylic acids is 1. The van der Waals surface area contributed by atoms with Crippen molar-refractivity contribution in [2.75, 3.05) is 18.4 Å². The van der Waals surface area contributed by atoms with Crippen LogP contribution < -0.4 is 5.32 Å². The number of aromatic amines is 1. The maximum atomic E-state index is 12.5. The number of benzene rings is 1. The maximum Gasteiger partial charge on any atom is 0.336 e. The smallest absolute Gasteiger partial charge is 0.336 e. The molecule has 2 aromatic heterocycles. The van der Waals surface area contributed by atoms with Crippen LogP contribution >= 0.6 is 0 Å². The number of pyridine rings is 1. The third kappa shape index (κ3) is 3.46. The molecular formula is C21H20N4O3. The molecule has 3 N–H and O–H groups in total. The molecule has 0 atom stereocenters. The lowest BCUT2D eigenvalue weighted by atomic mass is 10.0. The molecule has 7 heteroatoms. The number of fused-ring (bicyclic) bond motifs is 1. The molecule has 0 saturated carbocycles. The van der Waals surface area contributed by atoms with Gasteiger partial charge in [0, 0.05) is 36.4 Å². The largest absolute Gasteiger partial charge is 0.478 e. The van der Waals surface area contributed by atoms with Crippen molar-refractivity contribution in [2.45, 2.75) is 12.8 Å². The predicted molar refractivity (Wildman–Crippen MR) is 108 cm³/mol. The number of anilines is 1. The lowest BCUT2D eigenvalue weighted by Crippen LogP contribution is -2.32. The second-order valence-electron chi connectivity index (χ2n) is 6.68. The van der Waals surface area contributed by atoms with Gasteiger partial charge in [-0.1, -0.05) is 30.3 Å². The molecule has 0 aliphatic carbocycles. The Hall–Kier alpha value is -3.61. The number of carbonyl (C=O) groups is 2. The number of hydrogen-bond donors (Lipinski definition) is 3. The highest BCUT2D eigenvalue weighted by Gasteiger charge is 2.20. The fourth-order valence-electron chi connectivity index (χ4n) is 3.46. The Morgan fingerprint density at radius 2 is 1.89 bits per heavy atom. The lowest BCUT2D eigenvalue weighted by molar-refractivity contribution is -0.130. The summed E-state index contributed by atoms with van der Waals surface area (Å²) >= 11 is 0. The van der Waals surface area contributed by atoms with E-state index in [2.05, 4.69) is 15.3 Å². The molecule has 28 heavy (non-hydrogen) atoms. The van der Waals surface area contributed by atoms with E-state index >= 15 is 0 Å². The number of rotatable bonds is 4. The van der Waals surface area contributed by atoms with Crippen molar-refractivity contribution >= 4 is 40.4 Å². The lowest BCUT2D eigenvalue weighted by Gasteiger charge is -2.16. The first-order valence-electron chi connectivity index (χ1n) is 9.16. The minimum Gasteiger partial charge on any atom is -0.478 e. The molecule has 4 rings (SSSR count). The van der Waals surface area contributed by atoms with Crippen molar-refractivity contribution in [1.82, 2.24) is 14.9 Å². The van der Waals surface area contributed by atoms with Gasteiger partial charge in [0.1, 0.15) is 5.65 Å². The van der Waals surface area contributed by atoms with E-state index in [-0.39, 0.29) is 11.6 Å². The molecule has 0 bridgehead atoms. The first-order chi connectivity index (χ1) is 13.6. The van der Waals surface area contributed by atoms with Gasteiger partial charge >= 0.3 is 12.0 Å². The summed E-state index contributed by atoms with van der Waals surface area (Å²) in [5.41, 5.74) is 2.62. The Balaban J connectivity index is 1.75. The molecule has 2 amide bonds. The molecule has 0 unspecified atom stereocenters. The van der Waals surface area contributed by atoms with Gasteiger partial charge in [-0.2, -0.15) is 0 Å². The molecular weight excluding hydrogens is 356 g/mol. The van der Waals surface area contributed by atoms with Crippen molar-refractivity contribution in [1.29, 1.82) is 0 Å². The summed E-state index contributed by atoms with van der Waals surface area (Å²) in [5, 5.41) is 13.3. The van der Waals surface area contributed by atoms with Gasteiger partial charge in [0.2, 0.25) is 0 Å². The van der Waals surface area contributed by atoms with Crippen LogP contribution in [0.1, 0.15) is 24.0 Å². The molecule has 7 nitrogen and oxygen atoms in total. The van der Waals surface area contributed by atoms with Gasteiger partial charge in [-0.05, 0) is 30.5 Å². The summed E-state index contributed by atoms with van der Waals surface area (Å²) in [5.74, 6) is -1.02. The molecule has 1 aliphatic heterocycles. The number of aromatic nitrogens is 2. The molecule has 0 radical (unpaired) electrons. The van der Waals surface area contributed by atoms with Gasteiger partial charge in [-0.25, -0.2) is 14.6 Å². The Labute approximate surface area is 161 Å². The number of hydrogen-bond acceptors (Lipinski definition) is 3. The number of urea groups is 1. The van der Waals surface area contributed by atoms with Crippen LogP contribution in [0, 0.1) is 0 Å². The minimum absolute atomic E-state index is 0.150. The SMILES string of the molecule is O=C(O)C(=Cc1c[nH]c2nccc(NC(=O)N3CCCC3)c12)c1ccccc1. The van der Waals surface area contributed by atoms with Crippen molar-refractivity contribution in [3.8, 4) is 0 Å². The molecule has 1 aromatic carbocycles. The molecule has 0 spiro atoms. The highest BCUT2D eigenvalue weighted by atomic mass is 16.4. The van der Waals surface area contributed by atoms with E-state index in [1.807, 2.05) is 6.07 Å². The van der Waals surface area contributed by atoms with Gasteiger partial charge in [-0.3, -0.25) is 0 Å². The fraction of sp³-hybridized carbons (Fsp3) is 0.190. The molecule has 3 aromatic rings. The van der Waals surface area contributed by atoms with Crippen LogP contribution in [0.5, 0.6) is 0 Å². The predicted octanol–water partition coefficient (Wildman–Crippen LogP) is 3.82. The van der Waals surface area contributed by atoms with Gasteiger partial charge < -0.3 is 20.3 Å². The zero-order valence-electron chi connectivity index (χ0n) is 15.2. The number of aliphatic carboxylic acids is 1. The van der Waals surface area contributed by atoms with E-state index in [0.717, 1.165) is 25.9 Å². The van der Waals surface area contributed by atoms with Crippen LogP contribution in [-0.4, -0.2) is 45.1 Å². The number of carboxylic acid groups (broad SMARTS) is 1. The van der Waals surface area contributed by atoms with Gasteiger partial charge in [0.15, 0.2) is 0 Å². The average molecular weight is 376 g/mol. The first kappa shape index (κ1) is 17.8. The molecule has 1 aliphatic rings. The Kier molecular flexibility index (Phi) is 4.80. The normalized spacial score (nSPS) is 14.4. The van der Waals surface area contributed by atoms with Crippen molar-refractivity contribution in [3.63, 3.8) is 0 Å². The average Bonchev–Trinajstić information content (AvgIpc) is 3.37. The summed E-state index contributed by atoms with van der Waals surface area (Å²) in [6.07, 6.45) is 6.94. The summed E-state index contributed by atoms with van der Waals surface area (Å²) in [7, 11) is 0. The van der Waals surface area contributed by atoms with Crippen LogP contribution in [0.15, 0.2) is 48.8 Å². The topological polar surface area (TPSA) is 98.3 Å². The monoisotopic (exact) mass is 376 g/mol. The maximum absolute atomic E-state index is 12.5. The summed E-state index contributed by atoms with van der Waals surface area (Å²) in [6, 6.07) is 10.5. The van der Waals surface area contributed by atoms with E-state index in [9.17, 15) is 14.7 Å². The van der Waals surface area contributed by atoms with E-state index in [4.69, 9.17) is 0 Å². The highest BCUT2D eigenvalue weighted by molar-refractivity contribution is 6.22. The third-order valence-electron chi connectivity index (χ3n) is 4.85. The van der Waals surface area contributed by atoms with Gasteiger partial charge in [0.05, 0.1) is 11.3 Å². The van der Waals surface area contributed by atoms with Crippen molar-refractivity contribution in [3.05, 3.63) is 59.9 Å². The van der Waals surface area contributed by atoms with E-state index in [0.29, 0.717) is 27.8 Å². The van der Waals surface area contributed by atoms with E-state index in [1.165, 1.54) is 0 Å². The first-order valence-corrected chi connectivity index (χ1v) is 9.16. The Morgan fingerprint density at radius 1 is 1.14 bits per heavy atom. The Morgan fingerprint density at radius 3 is 2.61 bits per heavy atom. The molecule has 3 heterocycles. The second kappa shape index (κ2) is 7.56. The van der Waals surface area contributed by atoms with Crippen LogP contribution in [0.3, 0.4) is 0 Å². The summed E-state index contributed by atoms with van der Waals surface area (Å²) < 4.78 is 0. The zero-order chi connectivity index (χ0) is 19.5. The van der Waals surface area contributed by atoms with Crippen molar-refractivity contribution < 1.29 is 14.7 Å². The van der Waals surface area contributed by atoms with E-state index < -0.39 is 5.97 Å². The quantitative estimate of drug-likeness (QED) is 0.603. The summed E-state index contributed by atoms with van der Waals surface area (Å²) in [4.78, 5) is 33.5. The molecule has 142 valence electrons. The number of carbonyl (C=O) groups excluding carboxylic acids is 1. The second-order valence-corrected chi connectivity index (χ2v) is 6.68. The third-order valence-corrected chi connectivity index (χ3v) is 4.85. The molecule has 1 saturated heterocycles.